The van der Waals surface area contributed by atoms with Crippen LogP contribution >= 0.6 is 0 Å². The lowest BCUT2D eigenvalue weighted by Gasteiger charge is -2.31. The number of ether oxygens (including phenoxy) is 3. The summed E-state index contributed by atoms with van der Waals surface area (Å²) in [7, 11) is 5.52. The fourth-order valence-electron chi connectivity index (χ4n) is 6.54. The molecule has 0 spiro atoms. The van der Waals surface area contributed by atoms with E-state index in [0.29, 0.717) is 19.3 Å². The van der Waals surface area contributed by atoms with E-state index in [1.54, 1.807) is 0 Å². The molecule has 0 aromatic carbocycles. The quantitative estimate of drug-likeness (QED) is 0.0287. The molecule has 0 rings (SSSR count). The van der Waals surface area contributed by atoms with E-state index >= 15 is 0 Å². The van der Waals surface area contributed by atoms with Crippen LogP contribution in [0.1, 0.15) is 200 Å². The van der Waals surface area contributed by atoms with E-state index in [-0.39, 0.29) is 36.2 Å². The van der Waals surface area contributed by atoms with Gasteiger partial charge >= 0.3 is 17.9 Å². The van der Waals surface area contributed by atoms with Gasteiger partial charge in [-0.05, 0) is 57.8 Å². The van der Waals surface area contributed by atoms with Crippen LogP contribution in [0.2, 0.25) is 0 Å². The van der Waals surface area contributed by atoms with E-state index in [0.717, 1.165) is 51.4 Å². The predicted octanol–water partition coefficient (Wildman–Crippen LogP) is 12.1. The van der Waals surface area contributed by atoms with Crippen molar-refractivity contribution in [3.8, 4) is 0 Å². The SMILES string of the molecule is CCCC/C=C\CCCCCCCC(=O)OCC(COCCC(C(=O)O)[N+](C)(C)C)OC(=O)CCCCCCCCCCC/C=C\CCCCCCCC. The van der Waals surface area contributed by atoms with Gasteiger partial charge < -0.3 is 23.8 Å². The van der Waals surface area contributed by atoms with Gasteiger partial charge in [0.2, 0.25) is 0 Å². The van der Waals surface area contributed by atoms with Crippen LogP contribution in [-0.4, -0.2) is 80.6 Å². The van der Waals surface area contributed by atoms with Gasteiger partial charge in [-0.25, -0.2) is 4.79 Å². The van der Waals surface area contributed by atoms with Crippen LogP contribution in [0.15, 0.2) is 24.3 Å². The molecule has 0 aromatic rings. The molecule has 2 atom stereocenters. The number of allylic oxidation sites excluding steroid dienone is 4. The maximum atomic E-state index is 12.7. The summed E-state index contributed by atoms with van der Waals surface area (Å²) < 4.78 is 17.3. The molecule has 0 bridgehead atoms. The van der Waals surface area contributed by atoms with Crippen molar-refractivity contribution in [2.75, 3.05) is 41.0 Å². The lowest BCUT2D eigenvalue weighted by Crippen LogP contribution is -2.50. The number of hydrogen-bond donors (Lipinski definition) is 1. The molecule has 0 heterocycles. The Bertz CT molecular complexity index is 942. The monoisotopic (exact) mass is 765 g/mol. The molecule has 0 aliphatic carbocycles. The second-order valence-electron chi connectivity index (χ2n) is 16.3. The molecule has 0 amide bonds. The molecule has 316 valence electrons. The molecule has 0 fully saturated rings. The Labute approximate surface area is 332 Å². The smallest absolute Gasteiger partial charge is 0.362 e. The van der Waals surface area contributed by atoms with E-state index in [1.165, 1.54) is 116 Å². The number of nitrogens with zero attached hydrogens (tertiary/aromatic N) is 1. The number of rotatable bonds is 40. The summed E-state index contributed by atoms with van der Waals surface area (Å²) in [5, 5.41) is 9.61. The standard InChI is InChI=1S/C46H85NO7/c1-6-8-10-12-14-16-18-19-20-21-22-23-24-25-27-29-31-33-35-37-45(49)54-42(40-52-39-38-43(46(50)51)47(3,4)5)41-53-44(48)36-34-32-30-28-26-17-15-13-11-9-7-2/h13,15,19-20,42-43H,6-12,14,16-18,21-41H2,1-5H3/p+1/b15-13-,20-19-. The second kappa shape index (κ2) is 37.7. The second-order valence-corrected chi connectivity index (χ2v) is 16.3. The van der Waals surface area contributed by atoms with Gasteiger partial charge in [-0.15, -0.1) is 0 Å². The Morgan fingerprint density at radius 1 is 0.537 bits per heavy atom. The molecule has 1 N–H and O–H groups in total. The first-order chi connectivity index (χ1) is 26.1. The predicted molar refractivity (Wildman–Crippen MR) is 225 cm³/mol. The van der Waals surface area contributed by atoms with Gasteiger partial charge in [0.05, 0.1) is 34.4 Å². The molecule has 54 heavy (non-hydrogen) atoms. The van der Waals surface area contributed by atoms with Crippen molar-refractivity contribution >= 4 is 17.9 Å². The van der Waals surface area contributed by atoms with Crippen LogP contribution in [0.3, 0.4) is 0 Å². The van der Waals surface area contributed by atoms with Crippen LogP contribution in [-0.2, 0) is 28.6 Å². The molecule has 0 saturated heterocycles. The Morgan fingerprint density at radius 3 is 1.39 bits per heavy atom. The number of carbonyl (C=O) groups excluding carboxylic acids is 2. The topological polar surface area (TPSA) is 99.1 Å². The average Bonchev–Trinajstić information content (AvgIpc) is 3.12. The number of likely N-dealkylation sites (N-methyl/N-ethyl adjacent to an activating group) is 1. The van der Waals surface area contributed by atoms with E-state index in [4.69, 9.17) is 14.2 Å². The highest BCUT2D eigenvalue weighted by Crippen LogP contribution is 2.14. The van der Waals surface area contributed by atoms with Gasteiger partial charge in [0.25, 0.3) is 0 Å². The van der Waals surface area contributed by atoms with Crippen molar-refractivity contribution in [2.24, 2.45) is 0 Å². The van der Waals surface area contributed by atoms with Crippen LogP contribution < -0.4 is 0 Å². The number of esters is 2. The zero-order chi connectivity index (χ0) is 40.0. The van der Waals surface area contributed by atoms with E-state index in [1.807, 2.05) is 21.1 Å². The van der Waals surface area contributed by atoms with Gasteiger partial charge in [-0.3, -0.25) is 9.59 Å². The molecule has 8 nitrogen and oxygen atoms in total. The van der Waals surface area contributed by atoms with Crippen molar-refractivity contribution in [3.63, 3.8) is 0 Å². The van der Waals surface area contributed by atoms with Crippen molar-refractivity contribution < 1.29 is 38.2 Å². The third-order valence-corrected chi connectivity index (χ3v) is 10.1. The zero-order valence-electron chi connectivity index (χ0n) is 35.9. The van der Waals surface area contributed by atoms with Crippen LogP contribution in [0.25, 0.3) is 0 Å². The third kappa shape index (κ3) is 35.5. The van der Waals surface area contributed by atoms with Gasteiger partial charge in [0.15, 0.2) is 12.1 Å². The number of carboxylic acids is 1. The van der Waals surface area contributed by atoms with Crippen molar-refractivity contribution in [1.82, 2.24) is 0 Å². The first-order valence-corrected chi connectivity index (χ1v) is 22.4. The first-order valence-electron chi connectivity index (χ1n) is 22.4. The highest BCUT2D eigenvalue weighted by Gasteiger charge is 2.31. The molecular formula is C46H86NO7+. The largest absolute Gasteiger partial charge is 0.477 e. The minimum absolute atomic E-state index is 0.0535. The Hall–Kier alpha value is -2.19. The molecule has 2 unspecified atom stereocenters. The molecule has 0 saturated carbocycles. The number of carboxylic acid groups (broad SMARTS) is 1. The van der Waals surface area contributed by atoms with Crippen LogP contribution in [0.5, 0.6) is 0 Å². The lowest BCUT2D eigenvalue weighted by atomic mass is 10.1. The van der Waals surface area contributed by atoms with Crippen LogP contribution in [0.4, 0.5) is 0 Å². The van der Waals surface area contributed by atoms with Gasteiger partial charge in [0.1, 0.15) is 6.61 Å². The number of hydrogen-bond acceptors (Lipinski definition) is 6. The number of unbranched alkanes of at least 4 members (excludes halogenated alkanes) is 22. The zero-order valence-corrected chi connectivity index (χ0v) is 35.9. The molecular weight excluding hydrogens is 679 g/mol. The average molecular weight is 765 g/mol. The minimum atomic E-state index is -0.875. The number of quaternary nitrogens is 1. The van der Waals surface area contributed by atoms with Crippen molar-refractivity contribution in [3.05, 3.63) is 24.3 Å². The fourth-order valence-corrected chi connectivity index (χ4v) is 6.54. The maximum Gasteiger partial charge on any atom is 0.362 e. The van der Waals surface area contributed by atoms with Crippen LogP contribution in [0, 0.1) is 0 Å². The normalized spacial score (nSPS) is 13.1. The van der Waals surface area contributed by atoms with Gasteiger partial charge in [0, 0.05) is 19.3 Å². The van der Waals surface area contributed by atoms with Crippen molar-refractivity contribution in [1.29, 1.82) is 0 Å². The number of aliphatic carboxylic acids is 1. The van der Waals surface area contributed by atoms with E-state index < -0.39 is 18.1 Å². The molecule has 8 heteroatoms. The maximum absolute atomic E-state index is 12.7. The van der Waals surface area contributed by atoms with Crippen molar-refractivity contribution in [2.45, 2.75) is 212 Å². The minimum Gasteiger partial charge on any atom is -0.477 e. The number of carbonyl (C=O) groups is 3. The van der Waals surface area contributed by atoms with E-state index in [2.05, 4.69) is 38.2 Å². The Balaban J connectivity index is 4.29. The molecule has 0 radical (unpaired) electrons. The Morgan fingerprint density at radius 2 is 0.944 bits per heavy atom. The fraction of sp³-hybridized carbons (Fsp3) is 0.848. The summed E-state index contributed by atoms with van der Waals surface area (Å²) >= 11 is 0. The summed E-state index contributed by atoms with van der Waals surface area (Å²) in [6.07, 6.45) is 40.8. The molecule has 0 aliphatic rings. The summed E-state index contributed by atoms with van der Waals surface area (Å²) in [6.45, 7) is 4.69. The molecule has 0 aliphatic heterocycles. The van der Waals surface area contributed by atoms with Gasteiger partial charge in [-0.1, -0.05) is 147 Å². The molecule has 0 aromatic heterocycles. The van der Waals surface area contributed by atoms with E-state index in [9.17, 15) is 19.5 Å². The third-order valence-electron chi connectivity index (χ3n) is 10.1. The lowest BCUT2D eigenvalue weighted by molar-refractivity contribution is -0.887. The first kappa shape index (κ1) is 51.8. The Kier molecular flexibility index (Phi) is 36.2. The summed E-state index contributed by atoms with van der Waals surface area (Å²) in [5.74, 6) is -1.48. The highest BCUT2D eigenvalue weighted by atomic mass is 16.6. The summed E-state index contributed by atoms with van der Waals surface area (Å²) in [5.41, 5.74) is 0. The highest BCUT2D eigenvalue weighted by molar-refractivity contribution is 5.72. The summed E-state index contributed by atoms with van der Waals surface area (Å²) in [4.78, 5) is 36.9. The van der Waals surface area contributed by atoms with Gasteiger partial charge in [-0.2, -0.15) is 0 Å². The summed E-state index contributed by atoms with van der Waals surface area (Å²) in [6, 6.07) is -0.613.